The number of amides is 1. The highest BCUT2D eigenvalue weighted by Gasteiger charge is 2.38. The number of benzene rings is 1. The highest BCUT2D eigenvalue weighted by molar-refractivity contribution is 5.65. The van der Waals surface area contributed by atoms with Crippen molar-refractivity contribution >= 4 is 6.09 Å². The van der Waals surface area contributed by atoms with E-state index in [1.807, 2.05) is 18.2 Å². The van der Waals surface area contributed by atoms with Gasteiger partial charge in [-0.2, -0.15) is 0 Å². The Morgan fingerprint density at radius 3 is 2.60 bits per heavy atom. The highest BCUT2D eigenvalue weighted by Crippen LogP contribution is 2.31. The van der Waals surface area contributed by atoms with Crippen LogP contribution in [0.3, 0.4) is 0 Å². The summed E-state index contributed by atoms with van der Waals surface area (Å²) in [5.41, 5.74) is 1.21. The van der Waals surface area contributed by atoms with Crippen molar-refractivity contribution < 1.29 is 9.90 Å². The third-order valence-corrected chi connectivity index (χ3v) is 4.25. The summed E-state index contributed by atoms with van der Waals surface area (Å²) in [6.45, 7) is 7.63. The molecule has 2 atom stereocenters. The molecule has 1 aliphatic heterocycles. The Labute approximate surface area is 120 Å². The molecule has 4 heteroatoms. The molecule has 4 nitrogen and oxygen atoms in total. The Kier molecular flexibility index (Phi) is 4.33. The maximum atomic E-state index is 11.1. The minimum atomic E-state index is -0.812. The first-order valence-electron chi connectivity index (χ1n) is 7.19. The van der Waals surface area contributed by atoms with E-state index >= 15 is 0 Å². The smallest absolute Gasteiger partial charge is 0.407 e. The first-order chi connectivity index (χ1) is 9.40. The van der Waals surface area contributed by atoms with Crippen molar-refractivity contribution in [3.63, 3.8) is 0 Å². The van der Waals surface area contributed by atoms with E-state index in [1.165, 1.54) is 10.5 Å². The van der Waals surface area contributed by atoms with Gasteiger partial charge in [-0.3, -0.25) is 0 Å². The molecule has 1 amide bonds. The molecule has 0 spiro atoms. The van der Waals surface area contributed by atoms with E-state index in [2.05, 4.69) is 38.2 Å². The Balaban J connectivity index is 2.01. The molecule has 1 aromatic carbocycles. The van der Waals surface area contributed by atoms with Crippen LogP contribution in [0.1, 0.15) is 38.8 Å². The molecule has 1 aromatic rings. The van der Waals surface area contributed by atoms with Crippen molar-refractivity contribution in [1.82, 2.24) is 10.2 Å². The normalized spacial score (nSPS) is 23.4. The first-order valence-corrected chi connectivity index (χ1v) is 7.19. The Bertz CT molecular complexity index is 459. The average molecular weight is 276 g/mol. The second-order valence-electron chi connectivity index (χ2n) is 6.33. The van der Waals surface area contributed by atoms with Crippen LogP contribution in [0.2, 0.25) is 0 Å². The molecule has 1 aliphatic rings. The largest absolute Gasteiger partial charge is 0.465 e. The third-order valence-electron chi connectivity index (χ3n) is 4.25. The minimum Gasteiger partial charge on any atom is -0.465 e. The van der Waals surface area contributed by atoms with Gasteiger partial charge in [-0.05, 0) is 24.3 Å². The van der Waals surface area contributed by atoms with Gasteiger partial charge in [-0.25, -0.2) is 4.79 Å². The number of nitrogens with zero attached hydrogens (tertiary/aromatic N) is 1. The first kappa shape index (κ1) is 14.9. The zero-order chi connectivity index (χ0) is 14.8. The van der Waals surface area contributed by atoms with Gasteiger partial charge in [0.25, 0.3) is 0 Å². The number of nitrogens with one attached hydrogen (secondary N) is 1. The van der Waals surface area contributed by atoms with Crippen molar-refractivity contribution in [3.8, 4) is 0 Å². The predicted octanol–water partition coefficient (Wildman–Crippen LogP) is 3.12. The summed E-state index contributed by atoms with van der Waals surface area (Å²) in [5, 5.41) is 12.8. The van der Waals surface area contributed by atoms with Gasteiger partial charge in [0.1, 0.15) is 0 Å². The minimum absolute atomic E-state index is 0.0559. The fourth-order valence-corrected chi connectivity index (χ4v) is 2.97. The Morgan fingerprint density at radius 2 is 2.05 bits per heavy atom. The SMILES string of the molecule is CC(NC1CCN(C(=O)O)CC1(C)C)c1ccccc1. The van der Waals surface area contributed by atoms with Gasteiger partial charge in [0.15, 0.2) is 0 Å². The molecule has 0 aliphatic carbocycles. The van der Waals surface area contributed by atoms with Crippen molar-refractivity contribution in [2.75, 3.05) is 13.1 Å². The number of hydrogen-bond acceptors (Lipinski definition) is 2. The Morgan fingerprint density at radius 1 is 1.40 bits per heavy atom. The van der Waals surface area contributed by atoms with Gasteiger partial charge in [0.05, 0.1) is 0 Å². The molecule has 1 heterocycles. The van der Waals surface area contributed by atoms with Gasteiger partial charge in [0.2, 0.25) is 0 Å². The fraction of sp³-hybridized carbons (Fsp3) is 0.562. The summed E-state index contributed by atoms with van der Waals surface area (Å²) in [5.74, 6) is 0. The summed E-state index contributed by atoms with van der Waals surface area (Å²) in [7, 11) is 0. The van der Waals surface area contributed by atoms with E-state index < -0.39 is 6.09 Å². The van der Waals surface area contributed by atoms with E-state index in [0.29, 0.717) is 19.1 Å². The average Bonchev–Trinajstić information content (AvgIpc) is 2.41. The standard InChI is InChI=1S/C16H24N2O2/c1-12(13-7-5-4-6-8-13)17-14-9-10-18(15(19)20)11-16(14,2)3/h4-8,12,14,17H,9-11H2,1-3H3,(H,19,20). The van der Waals surface area contributed by atoms with Gasteiger partial charge in [0, 0.05) is 25.2 Å². The van der Waals surface area contributed by atoms with Gasteiger partial charge in [-0.1, -0.05) is 44.2 Å². The van der Waals surface area contributed by atoms with E-state index in [1.54, 1.807) is 0 Å². The topological polar surface area (TPSA) is 52.6 Å². The molecule has 2 rings (SSSR count). The van der Waals surface area contributed by atoms with Crippen molar-refractivity contribution in [2.45, 2.75) is 39.3 Å². The summed E-state index contributed by atoms with van der Waals surface area (Å²) in [6, 6.07) is 11.0. The molecule has 0 radical (unpaired) electrons. The van der Waals surface area contributed by atoms with Crippen molar-refractivity contribution in [3.05, 3.63) is 35.9 Å². The van der Waals surface area contributed by atoms with E-state index in [-0.39, 0.29) is 11.5 Å². The molecular weight excluding hydrogens is 252 g/mol. The molecule has 0 saturated carbocycles. The van der Waals surface area contributed by atoms with Crippen LogP contribution >= 0.6 is 0 Å². The number of hydrogen-bond donors (Lipinski definition) is 2. The molecule has 2 N–H and O–H groups in total. The molecule has 0 aromatic heterocycles. The van der Waals surface area contributed by atoms with E-state index in [9.17, 15) is 4.79 Å². The van der Waals surface area contributed by atoms with Crippen LogP contribution in [-0.2, 0) is 0 Å². The number of piperidine rings is 1. The number of carboxylic acid groups (broad SMARTS) is 1. The van der Waals surface area contributed by atoms with Crippen LogP contribution in [0, 0.1) is 5.41 Å². The summed E-state index contributed by atoms with van der Waals surface area (Å²) < 4.78 is 0. The lowest BCUT2D eigenvalue weighted by Gasteiger charge is -2.44. The zero-order valence-electron chi connectivity index (χ0n) is 12.5. The second-order valence-corrected chi connectivity index (χ2v) is 6.33. The lowest BCUT2D eigenvalue weighted by Crippen LogP contribution is -2.55. The quantitative estimate of drug-likeness (QED) is 0.892. The van der Waals surface area contributed by atoms with E-state index in [0.717, 1.165) is 6.42 Å². The molecule has 1 saturated heterocycles. The fourth-order valence-electron chi connectivity index (χ4n) is 2.97. The van der Waals surface area contributed by atoms with Crippen LogP contribution in [0.25, 0.3) is 0 Å². The molecule has 110 valence electrons. The monoisotopic (exact) mass is 276 g/mol. The summed E-state index contributed by atoms with van der Waals surface area (Å²) in [4.78, 5) is 12.6. The maximum Gasteiger partial charge on any atom is 0.407 e. The molecule has 1 fully saturated rings. The maximum absolute atomic E-state index is 11.1. The van der Waals surface area contributed by atoms with Crippen LogP contribution < -0.4 is 5.32 Å². The molecule has 2 unspecified atom stereocenters. The lowest BCUT2D eigenvalue weighted by atomic mass is 9.78. The van der Waals surface area contributed by atoms with Crippen LogP contribution in [-0.4, -0.2) is 35.2 Å². The predicted molar refractivity (Wildman–Crippen MR) is 79.8 cm³/mol. The summed E-state index contributed by atoms with van der Waals surface area (Å²) in [6.07, 6.45) is 0.0452. The number of carbonyl (C=O) groups is 1. The highest BCUT2D eigenvalue weighted by atomic mass is 16.4. The third kappa shape index (κ3) is 3.31. The van der Waals surface area contributed by atoms with Gasteiger partial charge >= 0.3 is 6.09 Å². The van der Waals surface area contributed by atoms with E-state index in [4.69, 9.17) is 5.11 Å². The van der Waals surface area contributed by atoms with Crippen molar-refractivity contribution in [2.24, 2.45) is 5.41 Å². The molecule has 0 bridgehead atoms. The zero-order valence-corrected chi connectivity index (χ0v) is 12.5. The van der Waals surface area contributed by atoms with Crippen LogP contribution in [0.15, 0.2) is 30.3 Å². The second kappa shape index (κ2) is 5.83. The Hall–Kier alpha value is -1.55. The molecular formula is C16H24N2O2. The molecule has 20 heavy (non-hydrogen) atoms. The number of rotatable bonds is 3. The van der Waals surface area contributed by atoms with Crippen LogP contribution in [0.5, 0.6) is 0 Å². The lowest BCUT2D eigenvalue weighted by molar-refractivity contribution is 0.0670. The summed E-state index contributed by atoms with van der Waals surface area (Å²) >= 11 is 0. The van der Waals surface area contributed by atoms with Gasteiger partial charge in [-0.15, -0.1) is 0 Å². The van der Waals surface area contributed by atoms with Gasteiger partial charge < -0.3 is 15.3 Å². The number of likely N-dealkylation sites (tertiary alicyclic amines) is 1. The van der Waals surface area contributed by atoms with Crippen LogP contribution in [0.4, 0.5) is 4.79 Å². The van der Waals surface area contributed by atoms with Crippen molar-refractivity contribution in [1.29, 1.82) is 0 Å².